The second-order valence-corrected chi connectivity index (χ2v) is 6.29. The molecule has 0 bridgehead atoms. The van der Waals surface area contributed by atoms with Gasteiger partial charge in [0, 0.05) is 54.4 Å². The van der Waals surface area contributed by atoms with Gasteiger partial charge >= 0.3 is 0 Å². The van der Waals surface area contributed by atoms with Gasteiger partial charge < -0.3 is 15.6 Å². The van der Waals surface area contributed by atoms with Crippen molar-refractivity contribution in [3.05, 3.63) is 70.4 Å². The molecule has 0 aliphatic rings. The summed E-state index contributed by atoms with van der Waals surface area (Å²) in [7, 11) is 0. The predicted octanol–water partition coefficient (Wildman–Crippen LogP) is 3.63. The minimum atomic E-state index is -0.430. The third kappa shape index (κ3) is 5.07. The van der Waals surface area contributed by atoms with Gasteiger partial charge in [0.2, 0.25) is 5.91 Å². The number of aromatic amines is 1. The molecule has 2 aromatic carbocycles. The first kappa shape index (κ1) is 18.4. The summed E-state index contributed by atoms with van der Waals surface area (Å²) in [6.45, 7) is 1.06. The van der Waals surface area contributed by atoms with Crippen LogP contribution in [0.5, 0.6) is 0 Å². The van der Waals surface area contributed by atoms with Crippen LogP contribution < -0.4 is 10.6 Å². The number of carbonyl (C=O) groups excluding carboxylic acids is 1. The Balaban J connectivity index is 1.33. The number of fused-ring (bicyclic) bond motifs is 1. The molecule has 3 aromatic rings. The molecule has 1 amide bonds. The molecule has 0 unspecified atom stereocenters. The van der Waals surface area contributed by atoms with E-state index in [4.69, 9.17) is 0 Å². The minimum absolute atomic E-state index is 0.0281. The lowest BCUT2D eigenvalue weighted by molar-refractivity contribution is -0.384. The van der Waals surface area contributed by atoms with Gasteiger partial charge in [-0.2, -0.15) is 0 Å². The lowest BCUT2D eigenvalue weighted by atomic mass is 10.1. The summed E-state index contributed by atoms with van der Waals surface area (Å²) in [6.07, 6.45) is 4.15. The van der Waals surface area contributed by atoms with Gasteiger partial charge in [0.15, 0.2) is 0 Å². The first-order chi connectivity index (χ1) is 13.1. The third-order valence-electron chi connectivity index (χ3n) is 4.38. The average molecular weight is 366 g/mol. The molecule has 0 spiro atoms. The Bertz CT molecular complexity index is 918. The van der Waals surface area contributed by atoms with Gasteiger partial charge in [0.05, 0.1) is 4.92 Å². The van der Waals surface area contributed by atoms with Crippen LogP contribution in [0.25, 0.3) is 10.9 Å². The molecule has 3 N–H and O–H groups in total. The number of nitro benzene ring substituents is 1. The molecule has 1 heterocycles. The van der Waals surface area contributed by atoms with Crippen molar-refractivity contribution in [2.24, 2.45) is 0 Å². The topological polar surface area (TPSA) is 100 Å². The monoisotopic (exact) mass is 366 g/mol. The number of non-ortho nitro benzene ring substituents is 1. The molecular weight excluding hydrogens is 344 g/mol. The van der Waals surface area contributed by atoms with Crippen LogP contribution in [0.2, 0.25) is 0 Å². The van der Waals surface area contributed by atoms with E-state index < -0.39 is 4.92 Å². The van der Waals surface area contributed by atoms with E-state index in [9.17, 15) is 14.9 Å². The number of anilines is 1. The molecular formula is C20H22N4O3. The summed E-state index contributed by atoms with van der Waals surface area (Å²) in [6, 6.07) is 14.4. The second kappa shape index (κ2) is 8.84. The molecule has 0 fully saturated rings. The summed E-state index contributed by atoms with van der Waals surface area (Å²) in [5, 5.41) is 17.8. The second-order valence-electron chi connectivity index (χ2n) is 6.29. The van der Waals surface area contributed by atoms with Crippen LogP contribution in [0.1, 0.15) is 18.4 Å². The fourth-order valence-corrected chi connectivity index (χ4v) is 2.98. The summed E-state index contributed by atoms with van der Waals surface area (Å²) in [5.41, 5.74) is 3.20. The van der Waals surface area contributed by atoms with Crippen molar-refractivity contribution in [2.45, 2.75) is 19.3 Å². The number of H-pyrrole nitrogens is 1. The Labute approximate surface area is 156 Å². The maximum atomic E-state index is 11.9. The highest BCUT2D eigenvalue weighted by atomic mass is 16.6. The number of nitro groups is 1. The summed E-state index contributed by atoms with van der Waals surface area (Å²) in [4.78, 5) is 25.4. The molecule has 7 nitrogen and oxygen atoms in total. The lowest BCUT2D eigenvalue weighted by Gasteiger charge is -2.08. The number of aryl methyl sites for hydroxylation is 1. The average Bonchev–Trinajstić information content (AvgIpc) is 3.09. The minimum Gasteiger partial charge on any atom is -0.383 e. The normalized spacial score (nSPS) is 10.7. The van der Waals surface area contributed by atoms with Crippen LogP contribution in [-0.4, -0.2) is 28.9 Å². The van der Waals surface area contributed by atoms with Gasteiger partial charge in [-0.25, -0.2) is 0 Å². The Morgan fingerprint density at radius 3 is 2.63 bits per heavy atom. The van der Waals surface area contributed by atoms with Gasteiger partial charge in [-0.15, -0.1) is 0 Å². The van der Waals surface area contributed by atoms with Crippen molar-refractivity contribution in [3.63, 3.8) is 0 Å². The number of nitrogens with zero attached hydrogens (tertiary/aromatic N) is 1. The van der Waals surface area contributed by atoms with Crippen LogP contribution in [0.15, 0.2) is 54.7 Å². The smallest absolute Gasteiger partial charge is 0.269 e. The number of aromatic nitrogens is 1. The van der Waals surface area contributed by atoms with Crippen molar-refractivity contribution in [1.29, 1.82) is 0 Å². The summed E-state index contributed by atoms with van der Waals surface area (Å²) in [5.74, 6) is 0.0281. The molecule has 0 aliphatic carbocycles. The highest BCUT2D eigenvalue weighted by Crippen LogP contribution is 2.19. The predicted molar refractivity (Wildman–Crippen MR) is 106 cm³/mol. The van der Waals surface area contributed by atoms with E-state index in [0.29, 0.717) is 19.5 Å². The maximum absolute atomic E-state index is 11.9. The van der Waals surface area contributed by atoms with Crippen molar-refractivity contribution < 1.29 is 9.72 Å². The molecule has 0 saturated heterocycles. The van der Waals surface area contributed by atoms with Crippen LogP contribution in [0.4, 0.5) is 11.4 Å². The van der Waals surface area contributed by atoms with E-state index in [-0.39, 0.29) is 11.6 Å². The molecule has 0 saturated carbocycles. The van der Waals surface area contributed by atoms with Crippen molar-refractivity contribution >= 4 is 28.2 Å². The van der Waals surface area contributed by atoms with Gasteiger partial charge in [0.1, 0.15) is 0 Å². The van der Waals surface area contributed by atoms with E-state index in [1.165, 1.54) is 23.1 Å². The molecule has 3 rings (SSSR count). The van der Waals surface area contributed by atoms with Crippen LogP contribution in [-0.2, 0) is 11.2 Å². The van der Waals surface area contributed by atoms with Crippen LogP contribution >= 0.6 is 0 Å². The van der Waals surface area contributed by atoms with Crippen LogP contribution in [0.3, 0.4) is 0 Å². The largest absolute Gasteiger partial charge is 0.383 e. The molecule has 7 heteroatoms. The highest BCUT2D eigenvalue weighted by molar-refractivity contribution is 5.83. The summed E-state index contributed by atoms with van der Waals surface area (Å²) < 4.78 is 0. The van der Waals surface area contributed by atoms with Crippen LogP contribution in [0, 0.1) is 10.1 Å². The van der Waals surface area contributed by atoms with Crippen molar-refractivity contribution in [1.82, 2.24) is 10.3 Å². The zero-order valence-corrected chi connectivity index (χ0v) is 14.9. The first-order valence-electron chi connectivity index (χ1n) is 8.93. The number of rotatable bonds is 9. The van der Waals surface area contributed by atoms with Gasteiger partial charge in [-0.1, -0.05) is 18.2 Å². The van der Waals surface area contributed by atoms with E-state index >= 15 is 0 Å². The Morgan fingerprint density at radius 1 is 1.07 bits per heavy atom. The Hall–Kier alpha value is -3.35. The first-order valence-corrected chi connectivity index (χ1v) is 8.93. The van der Waals surface area contributed by atoms with E-state index in [1.807, 2.05) is 24.4 Å². The number of benzene rings is 2. The van der Waals surface area contributed by atoms with Crippen molar-refractivity contribution in [2.75, 3.05) is 18.4 Å². The number of carbonyl (C=O) groups is 1. The number of nitrogens with one attached hydrogen (secondary N) is 3. The molecule has 0 radical (unpaired) electrons. The fourth-order valence-electron chi connectivity index (χ4n) is 2.98. The molecule has 140 valence electrons. The van der Waals surface area contributed by atoms with E-state index in [0.717, 1.165) is 24.0 Å². The molecule has 0 atom stereocenters. The maximum Gasteiger partial charge on any atom is 0.269 e. The zero-order valence-electron chi connectivity index (χ0n) is 14.9. The lowest BCUT2D eigenvalue weighted by Crippen LogP contribution is -2.28. The fraction of sp³-hybridized carbons (Fsp3) is 0.250. The highest BCUT2D eigenvalue weighted by Gasteiger charge is 2.06. The molecule has 0 aliphatic heterocycles. The van der Waals surface area contributed by atoms with Gasteiger partial charge in [-0.05, 0) is 36.6 Å². The Kier molecular flexibility index (Phi) is 6.04. The number of hydrogen-bond acceptors (Lipinski definition) is 4. The zero-order chi connectivity index (χ0) is 19.1. The SMILES string of the molecule is O=C(CCCc1c[nH]c2ccccc12)NCCNc1ccc([N+](=O)[O-])cc1. The summed E-state index contributed by atoms with van der Waals surface area (Å²) >= 11 is 0. The third-order valence-corrected chi connectivity index (χ3v) is 4.38. The van der Waals surface area contributed by atoms with Crippen molar-refractivity contribution in [3.8, 4) is 0 Å². The molecule has 1 aromatic heterocycles. The Morgan fingerprint density at radius 2 is 1.85 bits per heavy atom. The van der Waals surface area contributed by atoms with E-state index in [2.05, 4.69) is 21.7 Å². The number of amides is 1. The quantitative estimate of drug-likeness (QED) is 0.306. The van der Waals surface area contributed by atoms with E-state index in [1.54, 1.807) is 12.1 Å². The standard InChI is InChI=1S/C20H22N4O3/c25-20(7-3-4-15-14-23-19-6-2-1-5-18(15)19)22-13-12-21-16-8-10-17(11-9-16)24(26)27/h1-2,5-6,8-11,14,21,23H,3-4,7,12-13H2,(H,22,25). The number of hydrogen-bond donors (Lipinski definition) is 3. The molecule has 27 heavy (non-hydrogen) atoms. The van der Waals surface area contributed by atoms with Gasteiger partial charge in [0.25, 0.3) is 5.69 Å². The number of para-hydroxylation sites is 1. The van der Waals surface area contributed by atoms with Gasteiger partial charge in [-0.3, -0.25) is 14.9 Å².